The molecule has 1 N–H and O–H groups in total. The minimum Gasteiger partial charge on any atom is -0.374 e. The fourth-order valence-electron chi connectivity index (χ4n) is 3.49. The van der Waals surface area contributed by atoms with Crippen LogP contribution in [0.2, 0.25) is 5.02 Å². The van der Waals surface area contributed by atoms with Gasteiger partial charge in [-0.15, -0.1) is 0 Å². The van der Waals surface area contributed by atoms with Crippen LogP contribution in [0.25, 0.3) is 0 Å². The summed E-state index contributed by atoms with van der Waals surface area (Å²) in [5.74, 6) is 0. The van der Waals surface area contributed by atoms with Crippen molar-refractivity contribution in [2.45, 2.75) is 44.5 Å². The number of hydrogen-bond acceptors (Lipinski definition) is 3. The highest BCUT2D eigenvalue weighted by Crippen LogP contribution is 2.38. The Balaban J connectivity index is 1.86. The molecule has 1 saturated heterocycles. The van der Waals surface area contributed by atoms with Crippen LogP contribution in [0.4, 0.5) is 0 Å². The number of nitrogens with one attached hydrogen (secondary N) is 1. The van der Waals surface area contributed by atoms with Gasteiger partial charge in [0.15, 0.2) is 0 Å². The van der Waals surface area contributed by atoms with Crippen molar-refractivity contribution in [2.24, 2.45) is 0 Å². The van der Waals surface area contributed by atoms with E-state index < -0.39 is 5.60 Å². The first-order chi connectivity index (χ1) is 12.7. The minimum atomic E-state index is -0.459. The van der Waals surface area contributed by atoms with Crippen LogP contribution in [0.15, 0.2) is 54.6 Å². The van der Waals surface area contributed by atoms with E-state index in [9.17, 15) is 0 Å². The van der Waals surface area contributed by atoms with Gasteiger partial charge in [0.05, 0.1) is 6.61 Å². The maximum atomic E-state index is 6.62. The van der Waals surface area contributed by atoms with E-state index in [1.807, 2.05) is 30.3 Å². The molecule has 1 heterocycles. The highest BCUT2D eigenvalue weighted by atomic mass is 35.5. The molecule has 0 aromatic heterocycles. The highest BCUT2D eigenvalue weighted by molar-refractivity contribution is 6.30. The average Bonchev–Trinajstić information content (AvgIpc) is 2.69. The average molecular weight is 374 g/mol. The van der Waals surface area contributed by atoms with Crippen molar-refractivity contribution in [3.63, 3.8) is 0 Å². The lowest BCUT2D eigenvalue weighted by molar-refractivity contribution is -0.172. The zero-order valence-electron chi connectivity index (χ0n) is 15.4. The Kier molecular flexibility index (Phi) is 7.09. The van der Waals surface area contributed by atoms with Crippen molar-refractivity contribution >= 4 is 11.6 Å². The first-order valence-electron chi connectivity index (χ1n) is 9.51. The van der Waals surface area contributed by atoms with E-state index in [0.717, 1.165) is 49.5 Å². The Labute approximate surface area is 161 Å². The van der Waals surface area contributed by atoms with Gasteiger partial charge in [0.2, 0.25) is 0 Å². The van der Waals surface area contributed by atoms with Crippen molar-refractivity contribution in [3.8, 4) is 0 Å². The van der Waals surface area contributed by atoms with Gasteiger partial charge >= 0.3 is 0 Å². The van der Waals surface area contributed by atoms with Gasteiger partial charge in [-0.25, -0.2) is 0 Å². The van der Waals surface area contributed by atoms with E-state index in [1.54, 1.807) is 0 Å². The topological polar surface area (TPSA) is 30.5 Å². The van der Waals surface area contributed by atoms with Gasteiger partial charge in [-0.2, -0.15) is 0 Å². The summed E-state index contributed by atoms with van der Waals surface area (Å²) in [5.41, 5.74) is 1.85. The van der Waals surface area contributed by atoms with E-state index in [0.29, 0.717) is 6.61 Å². The third-order valence-electron chi connectivity index (χ3n) is 5.01. The van der Waals surface area contributed by atoms with Gasteiger partial charge in [0, 0.05) is 18.2 Å². The lowest BCUT2D eigenvalue weighted by atomic mass is 9.82. The molecule has 140 valence electrons. The highest BCUT2D eigenvalue weighted by Gasteiger charge is 2.44. The SMILES string of the molecule is CCCCO[C@H]1CNCC[C@]1(OCc1ccccc1)c1ccc(Cl)cc1. The third kappa shape index (κ3) is 4.66. The number of unbranched alkanes of at least 4 members (excludes halogenated alkanes) is 1. The second-order valence-electron chi connectivity index (χ2n) is 6.84. The normalized spacial score (nSPS) is 23.1. The Morgan fingerprint density at radius 3 is 2.62 bits per heavy atom. The predicted molar refractivity (Wildman–Crippen MR) is 106 cm³/mol. The first kappa shape index (κ1) is 19.4. The standard InChI is InChI=1S/C22H28ClNO2/c1-2-3-15-25-21-16-24-14-13-22(21,19-9-11-20(23)12-10-19)26-17-18-7-5-4-6-8-18/h4-12,21,24H,2-3,13-17H2,1H3/t21-,22-/m0/s1. The quantitative estimate of drug-likeness (QED) is 0.665. The molecule has 0 saturated carbocycles. The van der Waals surface area contributed by atoms with Gasteiger partial charge in [-0.05, 0) is 42.6 Å². The summed E-state index contributed by atoms with van der Waals surface area (Å²) in [4.78, 5) is 0. The van der Waals surface area contributed by atoms with E-state index >= 15 is 0 Å². The molecular weight excluding hydrogens is 346 g/mol. The van der Waals surface area contributed by atoms with E-state index in [2.05, 4.69) is 36.5 Å². The molecule has 1 fully saturated rings. The molecule has 0 amide bonds. The molecule has 0 bridgehead atoms. The molecular formula is C22H28ClNO2. The van der Waals surface area contributed by atoms with Gasteiger partial charge < -0.3 is 14.8 Å². The van der Waals surface area contributed by atoms with E-state index in [-0.39, 0.29) is 6.10 Å². The van der Waals surface area contributed by atoms with Crippen LogP contribution in [0.1, 0.15) is 37.3 Å². The number of ether oxygens (including phenoxy) is 2. The maximum Gasteiger partial charge on any atom is 0.122 e. The first-order valence-corrected chi connectivity index (χ1v) is 9.88. The predicted octanol–water partition coefficient (Wildman–Crippen LogP) is 4.93. The second-order valence-corrected chi connectivity index (χ2v) is 7.27. The number of benzene rings is 2. The monoisotopic (exact) mass is 373 g/mol. The molecule has 0 aliphatic carbocycles. The Morgan fingerprint density at radius 1 is 1.12 bits per heavy atom. The molecule has 3 nitrogen and oxygen atoms in total. The van der Waals surface area contributed by atoms with Crippen molar-refractivity contribution in [3.05, 3.63) is 70.7 Å². The molecule has 4 heteroatoms. The second kappa shape index (κ2) is 9.52. The lowest BCUT2D eigenvalue weighted by Gasteiger charge is -2.44. The molecule has 1 aliphatic rings. The zero-order chi connectivity index (χ0) is 18.2. The summed E-state index contributed by atoms with van der Waals surface area (Å²) in [6.45, 7) is 5.21. The summed E-state index contributed by atoms with van der Waals surface area (Å²) < 4.78 is 12.9. The van der Waals surface area contributed by atoms with Crippen LogP contribution in [0.3, 0.4) is 0 Å². The zero-order valence-corrected chi connectivity index (χ0v) is 16.2. The van der Waals surface area contributed by atoms with Gasteiger partial charge in [0.25, 0.3) is 0 Å². The number of halogens is 1. The van der Waals surface area contributed by atoms with Crippen LogP contribution in [-0.4, -0.2) is 25.8 Å². The van der Waals surface area contributed by atoms with Crippen LogP contribution >= 0.6 is 11.6 Å². The molecule has 3 rings (SSSR count). The van der Waals surface area contributed by atoms with Crippen LogP contribution < -0.4 is 5.32 Å². The summed E-state index contributed by atoms with van der Waals surface area (Å²) in [6, 6.07) is 18.4. The molecule has 2 atom stereocenters. The molecule has 2 aromatic rings. The van der Waals surface area contributed by atoms with Crippen molar-refractivity contribution in [1.29, 1.82) is 0 Å². The van der Waals surface area contributed by atoms with E-state index in [4.69, 9.17) is 21.1 Å². The van der Waals surface area contributed by atoms with Gasteiger partial charge in [0.1, 0.15) is 11.7 Å². The van der Waals surface area contributed by atoms with Crippen LogP contribution in [0, 0.1) is 0 Å². The molecule has 1 aliphatic heterocycles. The Hall–Kier alpha value is -1.39. The lowest BCUT2D eigenvalue weighted by Crippen LogP contribution is -2.54. The van der Waals surface area contributed by atoms with Crippen molar-refractivity contribution in [2.75, 3.05) is 19.7 Å². The van der Waals surface area contributed by atoms with Gasteiger partial charge in [-0.3, -0.25) is 0 Å². The third-order valence-corrected chi connectivity index (χ3v) is 5.26. The summed E-state index contributed by atoms with van der Waals surface area (Å²) in [7, 11) is 0. The summed E-state index contributed by atoms with van der Waals surface area (Å²) >= 11 is 6.12. The fourth-order valence-corrected chi connectivity index (χ4v) is 3.62. The Bertz CT molecular complexity index is 662. The Morgan fingerprint density at radius 2 is 1.88 bits per heavy atom. The minimum absolute atomic E-state index is 0.0207. The smallest absolute Gasteiger partial charge is 0.122 e. The molecule has 26 heavy (non-hydrogen) atoms. The van der Waals surface area contributed by atoms with E-state index in [1.165, 1.54) is 5.56 Å². The summed E-state index contributed by atoms with van der Waals surface area (Å²) in [5, 5.41) is 4.20. The molecule has 0 spiro atoms. The fraction of sp³-hybridized carbons (Fsp3) is 0.455. The molecule has 0 unspecified atom stereocenters. The van der Waals surface area contributed by atoms with Crippen LogP contribution in [0.5, 0.6) is 0 Å². The largest absolute Gasteiger partial charge is 0.374 e. The van der Waals surface area contributed by atoms with Crippen LogP contribution in [-0.2, 0) is 21.7 Å². The van der Waals surface area contributed by atoms with Gasteiger partial charge in [-0.1, -0.05) is 67.4 Å². The number of rotatable bonds is 8. The number of hydrogen-bond donors (Lipinski definition) is 1. The molecule has 0 radical (unpaired) electrons. The van der Waals surface area contributed by atoms with Crippen molar-refractivity contribution < 1.29 is 9.47 Å². The molecule has 2 aromatic carbocycles. The maximum absolute atomic E-state index is 6.62. The summed E-state index contributed by atoms with van der Waals surface area (Å²) in [6.07, 6.45) is 3.04. The van der Waals surface area contributed by atoms with Crippen molar-refractivity contribution in [1.82, 2.24) is 5.32 Å². The number of piperidine rings is 1.